The van der Waals surface area contributed by atoms with E-state index in [1.807, 2.05) is 30.3 Å². The Hall–Kier alpha value is -3.35. The number of amides is 1. The standard InChI is InChI=1S/C17H12F2N4O/c18-12-6-7-15(14(19)8-12)23-16(24)11-9-20-17(21-10-11)22-13-4-2-1-3-5-13/h1-10H,(H,23,24)(H,20,21,22). The number of carbonyl (C=O) groups excluding carboxylic acids is 1. The maximum atomic E-state index is 13.5. The quantitative estimate of drug-likeness (QED) is 0.766. The van der Waals surface area contributed by atoms with Crippen LogP contribution in [0.25, 0.3) is 0 Å². The lowest BCUT2D eigenvalue weighted by Crippen LogP contribution is -2.14. The minimum Gasteiger partial charge on any atom is -0.324 e. The van der Waals surface area contributed by atoms with Gasteiger partial charge >= 0.3 is 0 Å². The highest BCUT2D eigenvalue weighted by Crippen LogP contribution is 2.16. The lowest BCUT2D eigenvalue weighted by molar-refractivity contribution is 0.102. The van der Waals surface area contributed by atoms with Crippen molar-refractivity contribution in [2.45, 2.75) is 0 Å². The van der Waals surface area contributed by atoms with Crippen molar-refractivity contribution in [3.8, 4) is 0 Å². The number of rotatable bonds is 4. The first kappa shape index (κ1) is 15.5. The van der Waals surface area contributed by atoms with Crippen LogP contribution < -0.4 is 10.6 Å². The van der Waals surface area contributed by atoms with E-state index in [-0.39, 0.29) is 11.3 Å². The lowest BCUT2D eigenvalue weighted by atomic mass is 10.2. The first-order valence-electron chi connectivity index (χ1n) is 7.02. The van der Waals surface area contributed by atoms with Gasteiger partial charge in [0.05, 0.1) is 11.3 Å². The molecule has 0 aliphatic carbocycles. The normalized spacial score (nSPS) is 10.2. The number of nitrogens with one attached hydrogen (secondary N) is 2. The average molecular weight is 326 g/mol. The summed E-state index contributed by atoms with van der Waals surface area (Å²) in [5.41, 5.74) is 0.841. The van der Waals surface area contributed by atoms with E-state index in [4.69, 9.17) is 0 Å². The summed E-state index contributed by atoms with van der Waals surface area (Å²) >= 11 is 0. The molecule has 0 aliphatic heterocycles. The van der Waals surface area contributed by atoms with Crippen molar-refractivity contribution in [2.75, 3.05) is 10.6 Å². The number of hydrogen-bond donors (Lipinski definition) is 2. The molecule has 0 spiro atoms. The molecular formula is C17H12F2N4O. The zero-order valence-electron chi connectivity index (χ0n) is 12.3. The van der Waals surface area contributed by atoms with Gasteiger partial charge in [-0.2, -0.15) is 0 Å². The summed E-state index contributed by atoms with van der Waals surface area (Å²) in [6.45, 7) is 0. The van der Waals surface area contributed by atoms with Crippen molar-refractivity contribution in [1.82, 2.24) is 9.97 Å². The highest BCUT2D eigenvalue weighted by Gasteiger charge is 2.11. The van der Waals surface area contributed by atoms with Gasteiger partial charge in [-0.05, 0) is 24.3 Å². The maximum absolute atomic E-state index is 13.5. The van der Waals surface area contributed by atoms with Gasteiger partial charge in [0.25, 0.3) is 5.91 Å². The zero-order valence-corrected chi connectivity index (χ0v) is 12.3. The van der Waals surface area contributed by atoms with E-state index in [1.165, 1.54) is 12.4 Å². The van der Waals surface area contributed by atoms with E-state index >= 15 is 0 Å². The molecular weight excluding hydrogens is 314 g/mol. The average Bonchev–Trinajstić information content (AvgIpc) is 2.59. The van der Waals surface area contributed by atoms with Crippen molar-refractivity contribution in [3.63, 3.8) is 0 Å². The Balaban J connectivity index is 1.69. The summed E-state index contributed by atoms with van der Waals surface area (Å²) in [5, 5.41) is 5.32. The molecule has 0 aliphatic rings. The van der Waals surface area contributed by atoms with Crippen LogP contribution in [0, 0.1) is 11.6 Å². The molecule has 24 heavy (non-hydrogen) atoms. The second-order valence-electron chi connectivity index (χ2n) is 4.86. The Morgan fingerprint density at radius 1 is 0.958 bits per heavy atom. The van der Waals surface area contributed by atoms with E-state index in [0.717, 1.165) is 17.8 Å². The van der Waals surface area contributed by atoms with Crippen LogP contribution >= 0.6 is 0 Å². The first-order valence-corrected chi connectivity index (χ1v) is 7.02. The van der Waals surface area contributed by atoms with E-state index < -0.39 is 17.5 Å². The van der Waals surface area contributed by atoms with E-state index in [1.54, 1.807) is 0 Å². The number of para-hydroxylation sites is 1. The summed E-state index contributed by atoms with van der Waals surface area (Å²) in [6.07, 6.45) is 2.63. The van der Waals surface area contributed by atoms with E-state index in [0.29, 0.717) is 12.0 Å². The largest absolute Gasteiger partial charge is 0.324 e. The molecule has 1 heterocycles. The molecule has 2 N–H and O–H groups in total. The van der Waals surface area contributed by atoms with Crippen molar-refractivity contribution < 1.29 is 13.6 Å². The van der Waals surface area contributed by atoms with Crippen molar-refractivity contribution in [2.24, 2.45) is 0 Å². The van der Waals surface area contributed by atoms with Crippen LogP contribution in [0.2, 0.25) is 0 Å². The fourth-order valence-corrected chi connectivity index (χ4v) is 1.95. The van der Waals surface area contributed by atoms with Crippen LogP contribution in [-0.2, 0) is 0 Å². The number of nitrogens with zero attached hydrogens (tertiary/aromatic N) is 2. The van der Waals surface area contributed by atoms with E-state index in [9.17, 15) is 13.6 Å². The van der Waals surface area contributed by atoms with Crippen LogP contribution in [0.3, 0.4) is 0 Å². The molecule has 1 amide bonds. The highest BCUT2D eigenvalue weighted by atomic mass is 19.1. The van der Waals surface area contributed by atoms with Crippen LogP contribution in [-0.4, -0.2) is 15.9 Å². The minimum atomic E-state index is -0.855. The molecule has 1 aromatic heterocycles. The van der Waals surface area contributed by atoms with Crippen LogP contribution in [0.1, 0.15) is 10.4 Å². The number of anilines is 3. The van der Waals surface area contributed by atoms with Gasteiger partial charge in [-0.3, -0.25) is 4.79 Å². The van der Waals surface area contributed by atoms with Crippen molar-refractivity contribution >= 4 is 23.2 Å². The van der Waals surface area contributed by atoms with Gasteiger partial charge < -0.3 is 10.6 Å². The molecule has 3 aromatic rings. The molecule has 0 saturated carbocycles. The molecule has 0 fully saturated rings. The zero-order chi connectivity index (χ0) is 16.9. The predicted molar refractivity (Wildman–Crippen MR) is 86.1 cm³/mol. The number of aromatic nitrogens is 2. The summed E-state index contributed by atoms with van der Waals surface area (Å²) in [6, 6.07) is 12.2. The fraction of sp³-hybridized carbons (Fsp3) is 0. The molecule has 0 unspecified atom stereocenters. The van der Waals surface area contributed by atoms with Crippen molar-refractivity contribution in [3.05, 3.63) is 78.1 Å². The molecule has 3 rings (SSSR count). The van der Waals surface area contributed by atoms with Crippen LogP contribution in [0.4, 0.5) is 26.1 Å². The van der Waals surface area contributed by atoms with Crippen molar-refractivity contribution in [1.29, 1.82) is 0 Å². The number of hydrogen-bond acceptors (Lipinski definition) is 4. The number of carbonyl (C=O) groups is 1. The minimum absolute atomic E-state index is 0.118. The molecule has 0 atom stereocenters. The molecule has 5 nitrogen and oxygen atoms in total. The highest BCUT2D eigenvalue weighted by molar-refractivity contribution is 6.03. The lowest BCUT2D eigenvalue weighted by Gasteiger charge is -2.07. The van der Waals surface area contributed by atoms with Gasteiger partial charge in [0.2, 0.25) is 5.95 Å². The van der Waals surface area contributed by atoms with Crippen LogP contribution in [0.5, 0.6) is 0 Å². The van der Waals surface area contributed by atoms with Crippen LogP contribution in [0.15, 0.2) is 60.9 Å². The van der Waals surface area contributed by atoms with Gasteiger partial charge in [0, 0.05) is 24.1 Å². The maximum Gasteiger partial charge on any atom is 0.258 e. The first-order chi connectivity index (χ1) is 11.6. The molecule has 0 saturated heterocycles. The predicted octanol–water partition coefficient (Wildman–Crippen LogP) is 3.75. The third kappa shape index (κ3) is 3.70. The Kier molecular flexibility index (Phi) is 4.42. The topological polar surface area (TPSA) is 66.9 Å². The molecule has 0 bridgehead atoms. The van der Waals surface area contributed by atoms with Gasteiger partial charge in [-0.25, -0.2) is 18.7 Å². The summed E-state index contributed by atoms with van der Waals surface area (Å²) in [4.78, 5) is 20.1. The third-order valence-electron chi connectivity index (χ3n) is 3.12. The third-order valence-corrected chi connectivity index (χ3v) is 3.12. The van der Waals surface area contributed by atoms with Gasteiger partial charge in [0.1, 0.15) is 11.6 Å². The Morgan fingerprint density at radius 3 is 2.33 bits per heavy atom. The SMILES string of the molecule is O=C(Nc1ccc(F)cc1F)c1cnc(Nc2ccccc2)nc1. The fourth-order valence-electron chi connectivity index (χ4n) is 1.95. The Labute approximate surface area is 136 Å². The molecule has 120 valence electrons. The second kappa shape index (κ2) is 6.82. The summed E-state index contributed by atoms with van der Waals surface area (Å²) in [7, 11) is 0. The Bertz CT molecular complexity index is 854. The second-order valence-corrected chi connectivity index (χ2v) is 4.86. The van der Waals surface area contributed by atoms with Gasteiger partial charge in [0.15, 0.2) is 0 Å². The number of halogens is 2. The monoisotopic (exact) mass is 326 g/mol. The summed E-state index contributed by atoms with van der Waals surface area (Å²) < 4.78 is 26.4. The van der Waals surface area contributed by atoms with Gasteiger partial charge in [-0.1, -0.05) is 18.2 Å². The van der Waals surface area contributed by atoms with Gasteiger partial charge in [-0.15, -0.1) is 0 Å². The molecule has 2 aromatic carbocycles. The smallest absolute Gasteiger partial charge is 0.258 e. The number of benzene rings is 2. The van der Waals surface area contributed by atoms with E-state index in [2.05, 4.69) is 20.6 Å². The molecule has 7 heteroatoms. The summed E-state index contributed by atoms with van der Waals surface area (Å²) in [5.74, 6) is -1.84. The molecule has 0 radical (unpaired) electrons. The Morgan fingerprint density at radius 2 is 1.67 bits per heavy atom.